The van der Waals surface area contributed by atoms with E-state index in [1.165, 1.54) is 47.3 Å². The first-order chi connectivity index (χ1) is 25.5. The van der Waals surface area contributed by atoms with Gasteiger partial charge in [0.05, 0.1) is 77.7 Å². The van der Waals surface area contributed by atoms with Gasteiger partial charge in [0.1, 0.15) is 15.8 Å². The van der Waals surface area contributed by atoms with E-state index in [0.29, 0.717) is 23.0 Å². The van der Waals surface area contributed by atoms with Crippen molar-refractivity contribution in [3.05, 3.63) is 118 Å². The third kappa shape index (κ3) is 8.65. The fourth-order valence-corrected chi connectivity index (χ4v) is 7.08. The Balaban J connectivity index is 0.000000486. The molecule has 12 nitrogen and oxygen atoms in total. The monoisotopic (exact) mass is 763 g/mol. The number of quaternary nitrogens is 1. The van der Waals surface area contributed by atoms with Crippen molar-refractivity contribution in [2.24, 2.45) is 0 Å². The molecule has 1 amide bonds. The highest BCUT2D eigenvalue weighted by Crippen LogP contribution is 2.32. The van der Waals surface area contributed by atoms with E-state index in [9.17, 15) is 41.0 Å². The van der Waals surface area contributed by atoms with Crippen LogP contribution in [0.2, 0.25) is 0 Å². The summed E-state index contributed by atoms with van der Waals surface area (Å²) >= 11 is 0. The van der Waals surface area contributed by atoms with Gasteiger partial charge in [0, 0.05) is 18.9 Å². The number of benzene rings is 3. The van der Waals surface area contributed by atoms with Crippen LogP contribution >= 0.6 is 0 Å². The molecule has 1 saturated carbocycles. The number of amides is 1. The number of aromatic nitrogens is 4. The number of halogens is 3. The average molecular weight is 764 g/mol. The van der Waals surface area contributed by atoms with Crippen LogP contribution in [0.25, 0.3) is 22.8 Å². The zero-order valence-electron chi connectivity index (χ0n) is 30.1. The van der Waals surface area contributed by atoms with Gasteiger partial charge in [-0.15, -0.1) is 0 Å². The molecule has 2 heterocycles. The molecule has 0 aliphatic heterocycles. The van der Waals surface area contributed by atoms with E-state index >= 15 is 0 Å². The maximum Gasteiger partial charge on any atom is 0.416 e. The van der Waals surface area contributed by atoms with Gasteiger partial charge in [-0.05, 0) is 87.4 Å². The van der Waals surface area contributed by atoms with Crippen molar-refractivity contribution in [3.8, 4) is 28.8 Å². The van der Waals surface area contributed by atoms with Crippen molar-refractivity contribution in [2.45, 2.75) is 62.7 Å². The van der Waals surface area contributed by atoms with Crippen LogP contribution < -0.4 is 11.0 Å². The first-order valence-electron chi connectivity index (χ1n) is 17.2. The molecule has 0 radical (unpaired) electrons. The van der Waals surface area contributed by atoms with Gasteiger partial charge in [-0.3, -0.25) is 4.57 Å². The molecule has 0 bridgehead atoms. The van der Waals surface area contributed by atoms with E-state index in [2.05, 4.69) is 37.5 Å². The number of nitrogens with one attached hydrogen (secondary N) is 1. The van der Waals surface area contributed by atoms with Gasteiger partial charge in [0.2, 0.25) is 0 Å². The molecule has 0 unspecified atom stereocenters. The van der Waals surface area contributed by atoms with Crippen LogP contribution in [-0.2, 0) is 16.3 Å². The number of rotatable bonds is 7. The van der Waals surface area contributed by atoms with E-state index in [4.69, 9.17) is 0 Å². The highest BCUT2D eigenvalue weighted by Gasteiger charge is 2.35. The Morgan fingerprint density at radius 3 is 2.19 bits per heavy atom. The summed E-state index contributed by atoms with van der Waals surface area (Å²) in [5, 5.41) is 16.6. The van der Waals surface area contributed by atoms with E-state index in [1.54, 1.807) is 43.3 Å². The first kappa shape index (κ1) is 39.7. The molecule has 0 saturated heterocycles. The Kier molecular flexibility index (Phi) is 11.7. The van der Waals surface area contributed by atoms with Crippen molar-refractivity contribution >= 4 is 16.1 Å². The van der Waals surface area contributed by atoms with Crippen molar-refractivity contribution < 1.29 is 35.4 Å². The Morgan fingerprint density at radius 1 is 0.981 bits per heavy atom. The van der Waals surface area contributed by atoms with Crippen LogP contribution in [0, 0.1) is 18.3 Å². The summed E-state index contributed by atoms with van der Waals surface area (Å²) in [5.41, 5.74) is 0.156. The standard InChI is InChI=1S/C32H34F3N7O2.C6H6O3S/c1-5-42(3,4)27-15-11-24(12-16-27)38-30(43)40-29(28-17-18-37-41(28)25-13-9-22(20-36)10-14-25)21(2)39(31(40)44)26-8-6-7-23(19-26)32(33,34)35;7-10(8,9)6-4-2-1-3-5-6/h6-10,13-14,17-19,24,27H,5,11-12,15-16H2,1-4H3;1-5H,(H,7,8,9)/t24-,27-;. The van der Waals surface area contributed by atoms with Crippen LogP contribution in [-0.4, -0.2) is 75.1 Å². The van der Waals surface area contributed by atoms with Crippen LogP contribution in [0.15, 0.2) is 101 Å². The summed E-state index contributed by atoms with van der Waals surface area (Å²) < 4.78 is 76.2. The Labute approximate surface area is 311 Å². The minimum atomic E-state index is -4.62. The lowest BCUT2D eigenvalue weighted by atomic mass is 9.89. The minimum Gasteiger partial charge on any atom is -0.744 e. The van der Waals surface area contributed by atoms with Gasteiger partial charge >= 0.3 is 17.9 Å². The maximum atomic E-state index is 14.0. The summed E-state index contributed by atoms with van der Waals surface area (Å²) in [4.78, 5) is 27.8. The van der Waals surface area contributed by atoms with Crippen LogP contribution in [0.4, 0.5) is 18.0 Å². The molecular formula is C38H40F3N7O5S. The number of hydrogen-bond acceptors (Lipinski definition) is 7. The van der Waals surface area contributed by atoms with Crippen molar-refractivity contribution in [2.75, 3.05) is 20.6 Å². The highest BCUT2D eigenvalue weighted by atomic mass is 32.2. The lowest BCUT2D eigenvalue weighted by Crippen LogP contribution is -2.52. The van der Waals surface area contributed by atoms with Crippen LogP contribution in [0.5, 0.6) is 0 Å². The third-order valence-corrected chi connectivity index (χ3v) is 10.8. The summed E-state index contributed by atoms with van der Waals surface area (Å²) in [7, 11) is 0.147. The predicted molar refractivity (Wildman–Crippen MR) is 194 cm³/mol. The van der Waals surface area contributed by atoms with Crippen molar-refractivity contribution in [1.29, 1.82) is 5.26 Å². The minimum absolute atomic E-state index is 0.0142. The molecule has 5 aromatic rings. The molecule has 6 rings (SSSR count). The molecular weight excluding hydrogens is 724 g/mol. The number of carbonyl (C=O) groups excluding carboxylic acids is 1. The second kappa shape index (κ2) is 15.8. The fourth-order valence-electron chi connectivity index (χ4n) is 6.59. The molecule has 1 aliphatic carbocycles. The van der Waals surface area contributed by atoms with Crippen LogP contribution in [0.1, 0.15) is 49.4 Å². The predicted octanol–water partition coefficient (Wildman–Crippen LogP) is 6.25. The molecule has 284 valence electrons. The molecule has 16 heteroatoms. The van der Waals surface area contributed by atoms with Crippen LogP contribution in [0.3, 0.4) is 0 Å². The van der Waals surface area contributed by atoms with Gasteiger partial charge in [0.25, 0.3) is 0 Å². The number of hydrogen-bond donors (Lipinski definition) is 1. The normalized spacial score (nSPS) is 16.2. The second-order valence-electron chi connectivity index (χ2n) is 13.5. The number of alkyl halides is 3. The van der Waals surface area contributed by atoms with Gasteiger partial charge in [-0.25, -0.2) is 27.3 Å². The summed E-state index contributed by atoms with van der Waals surface area (Å²) in [6.07, 6.45) is 0.231. The Hall–Kier alpha value is -5.50. The van der Waals surface area contributed by atoms with E-state index in [0.717, 1.165) is 58.0 Å². The number of nitriles is 1. The van der Waals surface area contributed by atoms with E-state index in [-0.39, 0.29) is 28.0 Å². The molecule has 2 aromatic heterocycles. The number of imidazole rings is 1. The molecule has 0 atom stereocenters. The molecule has 1 fully saturated rings. The van der Waals surface area contributed by atoms with Gasteiger partial charge in [-0.2, -0.15) is 23.5 Å². The van der Waals surface area contributed by atoms with Gasteiger partial charge in [0.15, 0.2) is 0 Å². The number of nitrogens with zero attached hydrogens (tertiary/aromatic N) is 6. The molecule has 1 N–H and O–H groups in total. The topological polar surface area (TPSA) is 155 Å². The van der Waals surface area contributed by atoms with Crippen molar-refractivity contribution in [3.63, 3.8) is 0 Å². The summed E-state index contributed by atoms with van der Waals surface area (Å²) in [6.45, 7) is 4.74. The zero-order valence-corrected chi connectivity index (χ0v) is 30.9. The highest BCUT2D eigenvalue weighted by molar-refractivity contribution is 7.85. The zero-order chi connectivity index (χ0) is 39.4. The lowest BCUT2D eigenvalue weighted by molar-refractivity contribution is -0.914. The lowest BCUT2D eigenvalue weighted by Gasteiger charge is -2.41. The van der Waals surface area contributed by atoms with E-state index < -0.39 is 33.6 Å². The first-order valence-corrected chi connectivity index (χ1v) is 18.6. The Bertz CT molecular complexity index is 2320. The third-order valence-electron chi connectivity index (χ3n) is 9.91. The summed E-state index contributed by atoms with van der Waals surface area (Å²) in [6, 6.07) is 21.6. The molecule has 1 aliphatic rings. The quantitative estimate of drug-likeness (QED) is 0.152. The molecule has 0 spiro atoms. The average Bonchev–Trinajstić information content (AvgIpc) is 3.73. The molecule has 3 aromatic carbocycles. The largest absolute Gasteiger partial charge is 0.744 e. The Morgan fingerprint density at radius 2 is 1.63 bits per heavy atom. The number of carbonyl (C=O) groups is 1. The SMILES string of the molecule is CC[N+](C)(C)[C@H]1CC[C@H](NC(=O)n2c(-c3ccnn3-c3ccc(C#N)cc3)c(C)n(-c3cccc(C(F)(F)F)c3)c2=O)CC1.O=S(=O)([O-])c1ccccc1. The van der Waals surface area contributed by atoms with Crippen molar-refractivity contribution in [1.82, 2.24) is 24.2 Å². The van der Waals surface area contributed by atoms with Gasteiger partial charge < -0.3 is 14.4 Å². The maximum absolute atomic E-state index is 14.0. The smallest absolute Gasteiger partial charge is 0.416 e. The van der Waals surface area contributed by atoms with E-state index in [1.807, 2.05) is 0 Å². The summed E-state index contributed by atoms with van der Waals surface area (Å²) in [5.74, 6) is 0. The second-order valence-corrected chi connectivity index (χ2v) is 14.9. The fraction of sp³-hybridized carbons (Fsp3) is 0.316. The van der Waals surface area contributed by atoms with Gasteiger partial charge in [-0.1, -0.05) is 24.3 Å². The molecule has 54 heavy (non-hydrogen) atoms.